The summed E-state index contributed by atoms with van der Waals surface area (Å²) < 4.78 is 4.89. The zero-order valence-corrected chi connectivity index (χ0v) is 9.38. The molecule has 0 aliphatic heterocycles. The number of unbranched alkanes of at least 4 members (excludes halogenated alkanes) is 2. The number of thiocarbonyl (C=S) groups is 1. The molecule has 0 aliphatic rings. The minimum Gasteiger partial charge on any atom is -0.383 e. The van der Waals surface area contributed by atoms with Gasteiger partial charge in [0.25, 0.3) is 0 Å². The van der Waals surface area contributed by atoms with Crippen LogP contribution in [0.3, 0.4) is 0 Å². The zero-order chi connectivity index (χ0) is 9.94. The molecule has 3 nitrogen and oxygen atoms in total. The van der Waals surface area contributed by atoms with Crippen molar-refractivity contribution < 1.29 is 4.74 Å². The van der Waals surface area contributed by atoms with E-state index in [0.717, 1.165) is 18.2 Å². The summed E-state index contributed by atoms with van der Waals surface area (Å²) in [6.45, 7) is 4.62. The minimum atomic E-state index is 0.691. The van der Waals surface area contributed by atoms with E-state index < -0.39 is 0 Å². The average molecular weight is 204 g/mol. The van der Waals surface area contributed by atoms with E-state index in [4.69, 9.17) is 17.0 Å². The molecule has 0 spiro atoms. The molecule has 0 saturated carbocycles. The van der Waals surface area contributed by atoms with Crippen LogP contribution < -0.4 is 10.6 Å². The molecule has 0 saturated heterocycles. The van der Waals surface area contributed by atoms with Crippen LogP contribution in [0.5, 0.6) is 0 Å². The first-order valence-electron chi connectivity index (χ1n) is 4.82. The van der Waals surface area contributed by atoms with E-state index in [9.17, 15) is 0 Å². The van der Waals surface area contributed by atoms with Gasteiger partial charge in [0.15, 0.2) is 5.11 Å². The quantitative estimate of drug-likeness (QED) is 0.483. The summed E-state index contributed by atoms with van der Waals surface area (Å²) in [5.41, 5.74) is 0. The van der Waals surface area contributed by atoms with Crippen molar-refractivity contribution in [2.75, 3.05) is 26.8 Å². The molecule has 0 unspecified atom stereocenters. The lowest BCUT2D eigenvalue weighted by atomic mass is 10.2. The Hall–Kier alpha value is -0.350. The number of ether oxygens (including phenoxy) is 1. The van der Waals surface area contributed by atoms with Crippen molar-refractivity contribution >= 4 is 17.3 Å². The predicted octanol–water partition coefficient (Wildman–Crippen LogP) is 1.29. The van der Waals surface area contributed by atoms with Gasteiger partial charge in [0, 0.05) is 20.2 Å². The standard InChI is InChI=1S/C9H20N2OS/c1-3-4-5-6-10-9(13)11-7-8-12-2/h3-8H2,1-2H3,(H2,10,11,13). The summed E-state index contributed by atoms with van der Waals surface area (Å²) in [4.78, 5) is 0. The minimum absolute atomic E-state index is 0.691. The van der Waals surface area contributed by atoms with Crippen molar-refractivity contribution in [1.82, 2.24) is 10.6 Å². The lowest BCUT2D eigenvalue weighted by Crippen LogP contribution is -2.37. The number of methoxy groups -OCH3 is 1. The Bertz CT molecular complexity index is 131. The maximum Gasteiger partial charge on any atom is 0.166 e. The van der Waals surface area contributed by atoms with Crippen LogP contribution in [0.4, 0.5) is 0 Å². The Balaban J connectivity index is 3.11. The molecule has 78 valence electrons. The van der Waals surface area contributed by atoms with Crippen LogP contribution in [0.25, 0.3) is 0 Å². The maximum atomic E-state index is 5.04. The van der Waals surface area contributed by atoms with Crippen LogP contribution in [0.15, 0.2) is 0 Å². The lowest BCUT2D eigenvalue weighted by Gasteiger charge is -2.09. The number of rotatable bonds is 7. The van der Waals surface area contributed by atoms with Crippen molar-refractivity contribution in [1.29, 1.82) is 0 Å². The van der Waals surface area contributed by atoms with E-state index in [1.54, 1.807) is 7.11 Å². The van der Waals surface area contributed by atoms with Crippen LogP contribution in [-0.2, 0) is 4.74 Å². The molecule has 0 aliphatic carbocycles. The highest BCUT2D eigenvalue weighted by Gasteiger charge is 1.92. The molecule has 0 heterocycles. The second-order valence-electron chi connectivity index (χ2n) is 2.88. The van der Waals surface area contributed by atoms with E-state index in [1.165, 1.54) is 19.3 Å². The summed E-state index contributed by atoms with van der Waals surface area (Å²) in [5, 5.41) is 6.93. The van der Waals surface area contributed by atoms with Gasteiger partial charge in [-0.3, -0.25) is 0 Å². The molecule has 0 aromatic carbocycles. The van der Waals surface area contributed by atoms with Gasteiger partial charge in [-0.1, -0.05) is 19.8 Å². The number of hydrogen-bond acceptors (Lipinski definition) is 2. The molecule has 0 fully saturated rings. The summed E-state index contributed by atoms with van der Waals surface area (Å²) in [5.74, 6) is 0. The normalized spacial score (nSPS) is 9.69. The lowest BCUT2D eigenvalue weighted by molar-refractivity contribution is 0.204. The Morgan fingerprint density at radius 2 is 1.92 bits per heavy atom. The van der Waals surface area contributed by atoms with E-state index in [-0.39, 0.29) is 0 Å². The predicted molar refractivity (Wildman–Crippen MR) is 60.0 cm³/mol. The molecule has 4 heteroatoms. The van der Waals surface area contributed by atoms with E-state index in [2.05, 4.69) is 17.6 Å². The molecule has 2 N–H and O–H groups in total. The molecule has 0 bridgehead atoms. The van der Waals surface area contributed by atoms with E-state index in [0.29, 0.717) is 6.61 Å². The van der Waals surface area contributed by atoms with Crippen LogP contribution in [0.1, 0.15) is 26.2 Å². The fourth-order valence-electron chi connectivity index (χ4n) is 0.906. The Morgan fingerprint density at radius 1 is 1.23 bits per heavy atom. The fourth-order valence-corrected chi connectivity index (χ4v) is 1.11. The van der Waals surface area contributed by atoms with Gasteiger partial charge in [-0.2, -0.15) is 0 Å². The molecular formula is C9H20N2OS. The average Bonchev–Trinajstić information content (AvgIpc) is 2.13. The third-order valence-electron chi connectivity index (χ3n) is 1.66. The van der Waals surface area contributed by atoms with Gasteiger partial charge in [0.05, 0.1) is 6.61 Å². The summed E-state index contributed by atoms with van der Waals surface area (Å²) in [6.07, 6.45) is 3.68. The first-order valence-corrected chi connectivity index (χ1v) is 5.22. The highest BCUT2D eigenvalue weighted by atomic mass is 32.1. The van der Waals surface area contributed by atoms with E-state index in [1.807, 2.05) is 0 Å². The monoisotopic (exact) mass is 204 g/mol. The van der Waals surface area contributed by atoms with Crippen LogP contribution in [0.2, 0.25) is 0 Å². The number of nitrogens with one attached hydrogen (secondary N) is 2. The SMILES string of the molecule is CCCCCNC(=S)NCCOC. The molecule has 0 aromatic rings. The van der Waals surface area contributed by atoms with Gasteiger partial charge in [0.2, 0.25) is 0 Å². The first-order chi connectivity index (χ1) is 6.31. The fraction of sp³-hybridized carbons (Fsp3) is 0.889. The van der Waals surface area contributed by atoms with Crippen molar-refractivity contribution in [2.45, 2.75) is 26.2 Å². The highest BCUT2D eigenvalue weighted by Crippen LogP contribution is 1.90. The van der Waals surface area contributed by atoms with Crippen LogP contribution >= 0.6 is 12.2 Å². The van der Waals surface area contributed by atoms with Crippen molar-refractivity contribution in [2.24, 2.45) is 0 Å². The maximum absolute atomic E-state index is 5.04. The largest absolute Gasteiger partial charge is 0.383 e. The van der Waals surface area contributed by atoms with Gasteiger partial charge < -0.3 is 15.4 Å². The Kier molecular flexibility index (Phi) is 9.47. The van der Waals surface area contributed by atoms with Gasteiger partial charge in [-0.25, -0.2) is 0 Å². The third-order valence-corrected chi connectivity index (χ3v) is 1.95. The van der Waals surface area contributed by atoms with Crippen LogP contribution in [0, 0.1) is 0 Å². The zero-order valence-electron chi connectivity index (χ0n) is 8.56. The van der Waals surface area contributed by atoms with Gasteiger partial charge in [-0.15, -0.1) is 0 Å². The molecule has 0 aromatic heterocycles. The van der Waals surface area contributed by atoms with Crippen LogP contribution in [-0.4, -0.2) is 31.9 Å². The molecular weight excluding hydrogens is 184 g/mol. The molecule has 0 amide bonds. The number of hydrogen-bond donors (Lipinski definition) is 2. The summed E-state index contributed by atoms with van der Waals surface area (Å²) >= 11 is 5.04. The highest BCUT2D eigenvalue weighted by molar-refractivity contribution is 7.80. The van der Waals surface area contributed by atoms with Gasteiger partial charge in [-0.05, 0) is 18.6 Å². The van der Waals surface area contributed by atoms with Gasteiger partial charge >= 0.3 is 0 Å². The topological polar surface area (TPSA) is 33.3 Å². The Morgan fingerprint density at radius 3 is 2.54 bits per heavy atom. The van der Waals surface area contributed by atoms with Crippen molar-refractivity contribution in [3.63, 3.8) is 0 Å². The molecule has 0 radical (unpaired) electrons. The van der Waals surface area contributed by atoms with E-state index >= 15 is 0 Å². The summed E-state index contributed by atoms with van der Waals surface area (Å²) in [7, 11) is 1.68. The summed E-state index contributed by atoms with van der Waals surface area (Å²) in [6, 6.07) is 0. The van der Waals surface area contributed by atoms with Crippen molar-refractivity contribution in [3.8, 4) is 0 Å². The van der Waals surface area contributed by atoms with Gasteiger partial charge in [0.1, 0.15) is 0 Å². The smallest absolute Gasteiger partial charge is 0.166 e. The first kappa shape index (κ1) is 12.7. The Labute approximate surface area is 86.2 Å². The second kappa shape index (κ2) is 9.74. The third kappa shape index (κ3) is 9.56. The molecule has 0 atom stereocenters. The molecule has 0 rings (SSSR count). The second-order valence-corrected chi connectivity index (χ2v) is 3.29. The molecule has 13 heavy (non-hydrogen) atoms. The van der Waals surface area contributed by atoms with Crippen molar-refractivity contribution in [3.05, 3.63) is 0 Å².